The van der Waals surface area contributed by atoms with Crippen molar-refractivity contribution in [1.82, 2.24) is 26.6 Å². The zero-order valence-electron chi connectivity index (χ0n) is 8.72. The summed E-state index contributed by atoms with van der Waals surface area (Å²) in [6.45, 7) is 6.63. The van der Waals surface area contributed by atoms with Gasteiger partial charge in [-0.3, -0.25) is 20.4 Å². The Kier molecular flexibility index (Phi) is 2.23. The van der Waals surface area contributed by atoms with Crippen LogP contribution in [0, 0.1) is 0 Å². The van der Waals surface area contributed by atoms with E-state index in [1.54, 1.807) is 5.01 Å². The van der Waals surface area contributed by atoms with E-state index in [-0.39, 0.29) is 23.7 Å². The molecule has 2 fully saturated rings. The molecule has 4 N–H and O–H groups in total. The van der Waals surface area contributed by atoms with Gasteiger partial charge in [-0.1, -0.05) is 0 Å². The number of hydrazine groups is 2. The first-order valence-corrected chi connectivity index (χ1v) is 4.82. The second-order valence-electron chi connectivity index (χ2n) is 4.64. The van der Waals surface area contributed by atoms with Crippen molar-refractivity contribution in [3.05, 3.63) is 0 Å². The van der Waals surface area contributed by atoms with Crippen LogP contribution in [0.5, 0.6) is 0 Å². The van der Waals surface area contributed by atoms with E-state index in [1.807, 2.05) is 20.8 Å². The van der Waals surface area contributed by atoms with Gasteiger partial charge >= 0.3 is 0 Å². The molecule has 2 atom stereocenters. The molecule has 0 aromatic heterocycles. The second kappa shape index (κ2) is 3.16. The maximum atomic E-state index is 12.0. The van der Waals surface area contributed by atoms with Gasteiger partial charge in [-0.05, 0) is 20.8 Å². The highest BCUT2D eigenvalue weighted by Gasteiger charge is 2.42. The number of amides is 1. The molecule has 14 heavy (non-hydrogen) atoms. The predicted molar refractivity (Wildman–Crippen MR) is 51.6 cm³/mol. The minimum Gasteiger partial charge on any atom is -0.291 e. The number of carbonyl (C=O) groups excluding carboxylic acids is 1. The maximum absolute atomic E-state index is 12.0. The van der Waals surface area contributed by atoms with Crippen LogP contribution in [0.25, 0.3) is 0 Å². The minimum atomic E-state index is -0.223. The van der Waals surface area contributed by atoms with E-state index < -0.39 is 0 Å². The number of nitrogens with one attached hydrogen (secondary N) is 4. The van der Waals surface area contributed by atoms with Crippen molar-refractivity contribution in [3.8, 4) is 0 Å². The Morgan fingerprint density at radius 3 is 2.71 bits per heavy atom. The minimum absolute atomic E-state index is 0.0129. The molecule has 2 unspecified atom stereocenters. The Bertz CT molecular complexity index is 249. The SMILES string of the molecule is CC(C)(C)N1NNC2NCNC2C1=O. The Hall–Kier alpha value is -0.690. The molecule has 2 saturated heterocycles. The standard InChI is InChI=1S/C8H17N5O/c1-8(2,3)13-7(14)5-6(11-12-13)10-4-9-5/h5-6,9-12H,4H2,1-3H3. The molecule has 2 aliphatic rings. The third-order valence-corrected chi connectivity index (χ3v) is 2.47. The first kappa shape index (κ1) is 9.85. The second-order valence-corrected chi connectivity index (χ2v) is 4.64. The molecule has 2 aliphatic heterocycles. The number of fused-ring (bicyclic) bond motifs is 1. The van der Waals surface area contributed by atoms with Crippen molar-refractivity contribution in [2.24, 2.45) is 0 Å². The van der Waals surface area contributed by atoms with Gasteiger partial charge in [0.15, 0.2) is 0 Å². The molecule has 80 valence electrons. The monoisotopic (exact) mass is 199 g/mol. The zero-order chi connectivity index (χ0) is 10.3. The Balaban J connectivity index is 2.13. The van der Waals surface area contributed by atoms with Crippen molar-refractivity contribution in [1.29, 1.82) is 0 Å². The van der Waals surface area contributed by atoms with Gasteiger partial charge in [0, 0.05) is 6.67 Å². The van der Waals surface area contributed by atoms with Gasteiger partial charge in [-0.2, -0.15) is 5.53 Å². The summed E-state index contributed by atoms with van der Waals surface area (Å²) in [7, 11) is 0. The summed E-state index contributed by atoms with van der Waals surface area (Å²) >= 11 is 0. The van der Waals surface area contributed by atoms with Crippen LogP contribution in [0.3, 0.4) is 0 Å². The molecule has 2 heterocycles. The average Bonchev–Trinajstić information content (AvgIpc) is 2.50. The van der Waals surface area contributed by atoms with Gasteiger partial charge in [0.25, 0.3) is 5.91 Å². The lowest BCUT2D eigenvalue weighted by Gasteiger charge is -2.42. The summed E-state index contributed by atoms with van der Waals surface area (Å²) in [5, 5.41) is 7.85. The summed E-state index contributed by atoms with van der Waals surface area (Å²) in [5.74, 6) is 0.0752. The van der Waals surface area contributed by atoms with Crippen LogP contribution in [-0.4, -0.2) is 35.3 Å². The Morgan fingerprint density at radius 1 is 1.36 bits per heavy atom. The van der Waals surface area contributed by atoms with Gasteiger partial charge < -0.3 is 0 Å². The molecule has 0 spiro atoms. The van der Waals surface area contributed by atoms with Crippen LogP contribution in [0.1, 0.15) is 20.8 Å². The summed E-state index contributed by atoms with van der Waals surface area (Å²) in [6.07, 6.45) is -0.0129. The molecule has 6 nitrogen and oxygen atoms in total. The number of rotatable bonds is 0. The van der Waals surface area contributed by atoms with Crippen molar-refractivity contribution in [2.75, 3.05) is 6.67 Å². The van der Waals surface area contributed by atoms with Gasteiger partial charge in [0.1, 0.15) is 6.04 Å². The molecule has 0 bridgehead atoms. The topological polar surface area (TPSA) is 68.4 Å². The quantitative estimate of drug-likeness (QED) is 0.381. The third-order valence-electron chi connectivity index (χ3n) is 2.47. The molecule has 6 heteroatoms. The van der Waals surface area contributed by atoms with Crippen LogP contribution in [-0.2, 0) is 4.79 Å². The fourth-order valence-corrected chi connectivity index (χ4v) is 1.71. The van der Waals surface area contributed by atoms with Crippen molar-refractivity contribution in [3.63, 3.8) is 0 Å². The molecule has 0 aromatic carbocycles. The predicted octanol–water partition coefficient (Wildman–Crippen LogP) is -1.52. The summed E-state index contributed by atoms with van der Waals surface area (Å²) in [6, 6.07) is -0.171. The molecule has 0 saturated carbocycles. The van der Waals surface area contributed by atoms with Gasteiger partial charge in [0.2, 0.25) is 0 Å². The third kappa shape index (κ3) is 1.50. The average molecular weight is 199 g/mol. The van der Waals surface area contributed by atoms with Gasteiger partial charge in [-0.15, -0.1) is 0 Å². The Morgan fingerprint density at radius 2 is 2.07 bits per heavy atom. The molecule has 1 amide bonds. The van der Waals surface area contributed by atoms with Crippen LogP contribution < -0.4 is 21.6 Å². The van der Waals surface area contributed by atoms with Crippen LogP contribution in [0.2, 0.25) is 0 Å². The lowest BCUT2D eigenvalue weighted by molar-refractivity contribution is -0.150. The van der Waals surface area contributed by atoms with Crippen LogP contribution >= 0.6 is 0 Å². The molecule has 2 rings (SSSR count). The first-order valence-electron chi connectivity index (χ1n) is 4.82. The zero-order valence-corrected chi connectivity index (χ0v) is 8.72. The fraction of sp³-hybridized carbons (Fsp3) is 0.875. The van der Waals surface area contributed by atoms with E-state index in [4.69, 9.17) is 0 Å². The van der Waals surface area contributed by atoms with E-state index >= 15 is 0 Å². The highest BCUT2D eigenvalue weighted by molar-refractivity contribution is 5.83. The van der Waals surface area contributed by atoms with E-state index in [9.17, 15) is 4.79 Å². The van der Waals surface area contributed by atoms with Crippen molar-refractivity contribution < 1.29 is 4.79 Å². The first-order chi connectivity index (χ1) is 6.50. The van der Waals surface area contributed by atoms with E-state index in [0.29, 0.717) is 6.67 Å². The van der Waals surface area contributed by atoms with Crippen molar-refractivity contribution in [2.45, 2.75) is 38.5 Å². The smallest absolute Gasteiger partial charge is 0.258 e. The van der Waals surface area contributed by atoms with Gasteiger partial charge in [-0.25, -0.2) is 5.43 Å². The molecular weight excluding hydrogens is 182 g/mol. The number of nitrogens with zero attached hydrogens (tertiary/aromatic N) is 1. The molecule has 0 aliphatic carbocycles. The summed E-state index contributed by atoms with van der Waals surface area (Å²) < 4.78 is 0. The number of carbonyl (C=O) groups is 1. The molecule has 0 radical (unpaired) electrons. The highest BCUT2D eigenvalue weighted by atomic mass is 16.2. The lowest BCUT2D eigenvalue weighted by atomic mass is 10.1. The summed E-state index contributed by atoms with van der Waals surface area (Å²) in [5.41, 5.74) is 5.74. The lowest BCUT2D eigenvalue weighted by Crippen LogP contribution is -2.72. The van der Waals surface area contributed by atoms with E-state index in [2.05, 4.69) is 21.6 Å². The Labute approximate surface area is 83.3 Å². The molecular formula is C8H17N5O. The highest BCUT2D eigenvalue weighted by Crippen LogP contribution is 2.15. The van der Waals surface area contributed by atoms with E-state index in [0.717, 1.165) is 0 Å². The summed E-state index contributed by atoms with van der Waals surface area (Å²) in [4.78, 5) is 12.0. The van der Waals surface area contributed by atoms with Gasteiger partial charge in [0.05, 0.1) is 11.7 Å². The van der Waals surface area contributed by atoms with Crippen molar-refractivity contribution >= 4 is 5.91 Å². The largest absolute Gasteiger partial charge is 0.291 e. The van der Waals surface area contributed by atoms with Crippen LogP contribution in [0.15, 0.2) is 0 Å². The number of hydrogen-bond acceptors (Lipinski definition) is 5. The molecule has 0 aromatic rings. The van der Waals surface area contributed by atoms with E-state index in [1.165, 1.54) is 0 Å². The fourth-order valence-electron chi connectivity index (χ4n) is 1.71. The maximum Gasteiger partial charge on any atom is 0.258 e. The number of hydrogen-bond donors (Lipinski definition) is 4. The normalized spacial score (nSPS) is 33.4. The van der Waals surface area contributed by atoms with Crippen LogP contribution in [0.4, 0.5) is 0 Å².